The number of halogens is 1. The number of rotatable bonds is 2. The quantitative estimate of drug-likeness (QED) is 0.727. The second-order valence-corrected chi connectivity index (χ2v) is 5.49. The number of hydrogen-bond donors (Lipinski definition) is 0. The van der Waals surface area contributed by atoms with Gasteiger partial charge < -0.3 is 0 Å². The second kappa shape index (κ2) is 3.44. The Bertz CT molecular complexity index is 362. The van der Waals surface area contributed by atoms with Crippen LogP contribution in [0.3, 0.4) is 0 Å². The van der Waals surface area contributed by atoms with Gasteiger partial charge in [-0.15, -0.1) is 16.7 Å². The summed E-state index contributed by atoms with van der Waals surface area (Å²) in [4.78, 5) is 0. The van der Waals surface area contributed by atoms with Crippen molar-refractivity contribution in [3.63, 3.8) is 0 Å². The van der Waals surface area contributed by atoms with Crippen LogP contribution in [0.5, 0.6) is 0 Å². The van der Waals surface area contributed by atoms with Crippen molar-refractivity contribution in [2.24, 2.45) is 11.8 Å². The lowest BCUT2D eigenvalue weighted by molar-refractivity contribution is 0.295. The topological polar surface area (TPSA) is 43.6 Å². The fourth-order valence-corrected chi connectivity index (χ4v) is 3.35. The average molecular weight is 227 g/mol. The van der Waals surface area contributed by atoms with Gasteiger partial charge in [0.15, 0.2) is 5.82 Å². The zero-order chi connectivity index (χ0) is 10.4. The molecular formula is C10H15ClN4. The molecule has 4 unspecified atom stereocenters. The predicted molar refractivity (Wildman–Crippen MR) is 56.6 cm³/mol. The number of alkyl halides is 1. The Morgan fingerprint density at radius 1 is 1.40 bits per heavy atom. The van der Waals surface area contributed by atoms with Gasteiger partial charge in [0.1, 0.15) is 0 Å². The van der Waals surface area contributed by atoms with Crippen LogP contribution in [-0.4, -0.2) is 20.2 Å². The van der Waals surface area contributed by atoms with E-state index in [1.54, 1.807) is 0 Å². The van der Waals surface area contributed by atoms with Gasteiger partial charge in [-0.2, -0.15) is 0 Å². The Kier molecular flexibility index (Phi) is 2.20. The Balaban J connectivity index is 1.90. The van der Waals surface area contributed by atoms with Crippen LogP contribution in [0.15, 0.2) is 0 Å². The van der Waals surface area contributed by atoms with Gasteiger partial charge in [-0.25, -0.2) is 4.68 Å². The number of nitrogens with zero attached hydrogens (tertiary/aromatic N) is 4. The zero-order valence-corrected chi connectivity index (χ0v) is 9.56. The monoisotopic (exact) mass is 226 g/mol. The Morgan fingerprint density at radius 3 is 2.87 bits per heavy atom. The molecule has 3 rings (SSSR count). The summed E-state index contributed by atoms with van der Waals surface area (Å²) >= 11 is 6.07. The van der Waals surface area contributed by atoms with Crippen molar-refractivity contribution >= 4 is 11.6 Å². The molecule has 15 heavy (non-hydrogen) atoms. The molecule has 0 aliphatic heterocycles. The first-order valence-corrected chi connectivity index (χ1v) is 6.11. The maximum absolute atomic E-state index is 6.07. The third kappa shape index (κ3) is 1.46. The number of fused-ring (bicyclic) bond motifs is 2. The minimum Gasteiger partial charge on any atom is -0.225 e. The van der Waals surface area contributed by atoms with Gasteiger partial charge in [0, 0.05) is 0 Å². The molecule has 2 aliphatic carbocycles. The molecule has 1 aromatic heterocycles. The summed E-state index contributed by atoms with van der Waals surface area (Å²) in [5, 5.41) is 11.8. The molecule has 4 atom stereocenters. The van der Waals surface area contributed by atoms with Crippen LogP contribution >= 0.6 is 11.6 Å². The smallest absolute Gasteiger partial charge is 0.169 e. The largest absolute Gasteiger partial charge is 0.225 e. The maximum atomic E-state index is 6.07. The van der Waals surface area contributed by atoms with Crippen molar-refractivity contribution in [3.05, 3.63) is 5.82 Å². The highest BCUT2D eigenvalue weighted by atomic mass is 35.5. The van der Waals surface area contributed by atoms with Gasteiger partial charge >= 0.3 is 0 Å². The van der Waals surface area contributed by atoms with Crippen LogP contribution in [0.4, 0.5) is 0 Å². The first-order valence-electron chi connectivity index (χ1n) is 5.67. The summed E-state index contributed by atoms with van der Waals surface area (Å²) in [5.74, 6) is 2.52. The summed E-state index contributed by atoms with van der Waals surface area (Å²) in [6.07, 6.45) is 5.34. The lowest BCUT2D eigenvalue weighted by atomic mass is 9.95. The third-order valence-corrected chi connectivity index (χ3v) is 4.08. The van der Waals surface area contributed by atoms with Crippen LogP contribution in [0.1, 0.15) is 49.9 Å². The molecule has 2 saturated carbocycles. The Labute approximate surface area is 94.0 Å². The maximum Gasteiger partial charge on any atom is 0.169 e. The van der Waals surface area contributed by atoms with E-state index in [1.807, 2.05) is 11.6 Å². The van der Waals surface area contributed by atoms with Gasteiger partial charge in [0.2, 0.25) is 0 Å². The lowest BCUT2D eigenvalue weighted by Crippen LogP contribution is -2.20. The van der Waals surface area contributed by atoms with Gasteiger partial charge in [-0.1, -0.05) is 6.42 Å². The van der Waals surface area contributed by atoms with Crippen LogP contribution in [-0.2, 0) is 0 Å². The van der Waals surface area contributed by atoms with Crippen molar-refractivity contribution in [2.45, 2.75) is 44.0 Å². The van der Waals surface area contributed by atoms with Crippen LogP contribution in [0.2, 0.25) is 0 Å². The summed E-state index contributed by atoms with van der Waals surface area (Å²) < 4.78 is 1.97. The fraction of sp³-hybridized carbons (Fsp3) is 0.900. The lowest BCUT2D eigenvalue weighted by Gasteiger charge is -2.22. The van der Waals surface area contributed by atoms with E-state index in [-0.39, 0.29) is 5.38 Å². The molecular weight excluding hydrogens is 212 g/mol. The van der Waals surface area contributed by atoms with Crippen LogP contribution in [0, 0.1) is 11.8 Å². The molecule has 2 fully saturated rings. The van der Waals surface area contributed by atoms with Crippen molar-refractivity contribution in [1.29, 1.82) is 0 Å². The summed E-state index contributed by atoms with van der Waals surface area (Å²) in [6, 6.07) is 0.509. The van der Waals surface area contributed by atoms with E-state index >= 15 is 0 Å². The van der Waals surface area contributed by atoms with E-state index in [4.69, 9.17) is 11.6 Å². The zero-order valence-electron chi connectivity index (χ0n) is 8.80. The second-order valence-electron chi connectivity index (χ2n) is 4.84. The van der Waals surface area contributed by atoms with E-state index in [2.05, 4.69) is 15.5 Å². The summed E-state index contributed by atoms with van der Waals surface area (Å²) in [5.41, 5.74) is 0. The van der Waals surface area contributed by atoms with E-state index < -0.39 is 0 Å². The summed E-state index contributed by atoms with van der Waals surface area (Å²) in [6.45, 7) is 1.93. The number of tetrazole rings is 1. The molecule has 0 radical (unpaired) electrons. The molecule has 0 spiro atoms. The van der Waals surface area contributed by atoms with Gasteiger partial charge in [0.25, 0.3) is 0 Å². The normalized spacial score (nSPS) is 36.0. The van der Waals surface area contributed by atoms with Crippen molar-refractivity contribution in [1.82, 2.24) is 20.2 Å². The molecule has 2 bridgehead atoms. The predicted octanol–water partition coefficient (Wildman–Crippen LogP) is 2.33. The number of hydrogen-bond acceptors (Lipinski definition) is 3. The molecule has 82 valence electrons. The molecule has 2 aliphatic rings. The van der Waals surface area contributed by atoms with Gasteiger partial charge in [-0.05, 0) is 48.4 Å². The molecule has 0 saturated heterocycles. The standard InChI is InChI=1S/C10H15ClN4/c1-6(11)10-12-13-14-15(10)9-5-7-2-3-8(9)4-7/h6-9H,2-5H2,1H3. The van der Waals surface area contributed by atoms with Gasteiger partial charge in [-0.3, -0.25) is 0 Å². The molecule has 0 amide bonds. The minimum atomic E-state index is -0.0980. The number of aromatic nitrogens is 4. The molecule has 5 heteroatoms. The minimum absolute atomic E-state index is 0.0980. The highest BCUT2D eigenvalue weighted by Gasteiger charge is 2.42. The first-order chi connectivity index (χ1) is 7.25. The van der Waals surface area contributed by atoms with Crippen molar-refractivity contribution in [2.75, 3.05) is 0 Å². The highest BCUT2D eigenvalue weighted by molar-refractivity contribution is 6.20. The molecule has 0 N–H and O–H groups in total. The van der Waals surface area contributed by atoms with E-state index in [0.717, 1.165) is 17.7 Å². The fourth-order valence-electron chi connectivity index (χ4n) is 3.21. The molecule has 1 heterocycles. The highest BCUT2D eigenvalue weighted by Crippen LogP contribution is 2.50. The first kappa shape index (κ1) is 9.58. The molecule has 0 aromatic carbocycles. The molecule has 1 aromatic rings. The van der Waals surface area contributed by atoms with Crippen LogP contribution < -0.4 is 0 Å². The Morgan fingerprint density at radius 2 is 2.27 bits per heavy atom. The van der Waals surface area contributed by atoms with Crippen molar-refractivity contribution in [3.8, 4) is 0 Å². The van der Waals surface area contributed by atoms with Crippen LogP contribution in [0.25, 0.3) is 0 Å². The third-order valence-electron chi connectivity index (χ3n) is 3.89. The SMILES string of the molecule is CC(Cl)c1nnnn1C1CC2CCC1C2. The summed E-state index contributed by atoms with van der Waals surface area (Å²) in [7, 11) is 0. The van der Waals surface area contributed by atoms with E-state index in [0.29, 0.717) is 6.04 Å². The average Bonchev–Trinajstić information content (AvgIpc) is 2.92. The molecule has 4 nitrogen and oxygen atoms in total. The van der Waals surface area contributed by atoms with Crippen molar-refractivity contribution < 1.29 is 0 Å². The van der Waals surface area contributed by atoms with E-state index in [9.17, 15) is 0 Å². The Hall–Kier alpha value is -0.640. The van der Waals surface area contributed by atoms with Gasteiger partial charge in [0.05, 0.1) is 11.4 Å². The van der Waals surface area contributed by atoms with E-state index in [1.165, 1.54) is 25.7 Å².